The molecule has 1 amide bonds. The van der Waals surface area contributed by atoms with Crippen LogP contribution >= 0.6 is 0 Å². The van der Waals surface area contributed by atoms with Crippen molar-refractivity contribution in [1.82, 2.24) is 0 Å². The molecule has 5 bridgehead atoms. The van der Waals surface area contributed by atoms with Crippen molar-refractivity contribution < 1.29 is 28.6 Å². The van der Waals surface area contributed by atoms with Gasteiger partial charge in [0.15, 0.2) is 17.1 Å². The van der Waals surface area contributed by atoms with Gasteiger partial charge in [-0.3, -0.25) is 4.79 Å². The fourth-order valence-corrected chi connectivity index (χ4v) is 9.70. The van der Waals surface area contributed by atoms with Gasteiger partial charge in [0, 0.05) is 36.3 Å². The normalized spacial score (nSPS) is 46.2. The van der Waals surface area contributed by atoms with Gasteiger partial charge in [-0.1, -0.05) is 24.3 Å². The Labute approximate surface area is 217 Å². The number of nitrogens with zero attached hydrogens (tertiary/aromatic N) is 1. The molecule has 7 heteroatoms. The van der Waals surface area contributed by atoms with E-state index in [1.807, 2.05) is 18.2 Å². The topological polar surface area (TPSA) is 91.0 Å². The van der Waals surface area contributed by atoms with Crippen LogP contribution in [0, 0.1) is 5.92 Å². The molecule has 196 valence electrons. The van der Waals surface area contributed by atoms with E-state index in [-0.39, 0.29) is 6.04 Å². The highest BCUT2D eigenvalue weighted by Gasteiger charge is 2.80. The molecule has 0 radical (unpaired) electrons. The van der Waals surface area contributed by atoms with Gasteiger partial charge in [-0.2, -0.15) is 0 Å². The Kier molecular flexibility index (Phi) is 4.15. The highest BCUT2D eigenvalue weighted by Crippen LogP contribution is 2.69. The maximum Gasteiger partial charge on any atom is 0.254 e. The molecule has 7 nitrogen and oxygen atoms in total. The molecule has 3 N–H and O–H groups in total. The van der Waals surface area contributed by atoms with Crippen LogP contribution in [0.5, 0.6) is 11.5 Å². The van der Waals surface area contributed by atoms with E-state index in [2.05, 4.69) is 19.1 Å². The number of carbonyl (C=O) groups is 1. The zero-order chi connectivity index (χ0) is 25.4. The predicted octanol–water partition coefficient (Wildman–Crippen LogP) is 2.67. The van der Waals surface area contributed by atoms with Gasteiger partial charge in [0.25, 0.3) is 5.91 Å². The second-order valence-electron chi connectivity index (χ2n) is 13.2. The maximum absolute atomic E-state index is 13.4. The van der Waals surface area contributed by atoms with E-state index in [0.29, 0.717) is 37.5 Å². The second kappa shape index (κ2) is 6.80. The number of methoxy groups -OCH3 is 1. The summed E-state index contributed by atoms with van der Waals surface area (Å²) in [7, 11) is 1.68. The molecule has 4 heterocycles. The van der Waals surface area contributed by atoms with Crippen LogP contribution in [0.3, 0.4) is 0 Å². The third kappa shape index (κ3) is 2.48. The van der Waals surface area contributed by atoms with Crippen molar-refractivity contribution in [2.24, 2.45) is 11.7 Å². The van der Waals surface area contributed by atoms with E-state index in [9.17, 15) is 9.90 Å². The fraction of sp³-hybridized carbons (Fsp3) is 0.633. The number of amides is 1. The predicted molar refractivity (Wildman–Crippen MR) is 136 cm³/mol. The molecule has 5 fully saturated rings. The molecule has 2 saturated carbocycles. The lowest BCUT2D eigenvalue weighted by atomic mass is 9.46. The van der Waals surface area contributed by atoms with Crippen LogP contribution in [0.15, 0.2) is 35.9 Å². The van der Waals surface area contributed by atoms with Crippen molar-refractivity contribution in [3.05, 3.63) is 47.1 Å². The number of primary amides is 1. The van der Waals surface area contributed by atoms with E-state index in [4.69, 9.17) is 19.9 Å². The van der Waals surface area contributed by atoms with Crippen LogP contribution < -0.4 is 15.2 Å². The van der Waals surface area contributed by atoms with E-state index in [1.165, 1.54) is 18.4 Å². The van der Waals surface area contributed by atoms with E-state index >= 15 is 0 Å². The minimum Gasteiger partial charge on any atom is -0.493 e. The van der Waals surface area contributed by atoms with Gasteiger partial charge in [-0.25, -0.2) is 0 Å². The van der Waals surface area contributed by atoms with Crippen molar-refractivity contribution >= 4 is 5.91 Å². The van der Waals surface area contributed by atoms with Gasteiger partial charge >= 0.3 is 0 Å². The van der Waals surface area contributed by atoms with Crippen molar-refractivity contribution in [2.45, 2.75) is 86.2 Å². The highest BCUT2D eigenvalue weighted by molar-refractivity contribution is 5.88. The number of hydrogen-bond acceptors (Lipinski definition) is 5. The molecule has 0 aromatic heterocycles. The van der Waals surface area contributed by atoms with Crippen molar-refractivity contribution in [3.63, 3.8) is 0 Å². The number of benzene rings is 1. The number of ether oxygens (including phenoxy) is 3. The molecule has 7 atom stereocenters. The number of hydrogen-bond donors (Lipinski definition) is 2. The van der Waals surface area contributed by atoms with E-state index < -0.39 is 34.2 Å². The first kappa shape index (κ1) is 22.6. The summed E-state index contributed by atoms with van der Waals surface area (Å²) in [6.07, 6.45) is 11.5. The summed E-state index contributed by atoms with van der Waals surface area (Å²) >= 11 is 0. The molecular weight excluding hydrogens is 468 g/mol. The molecule has 3 saturated heterocycles. The number of rotatable bonds is 4. The number of quaternary nitrogens is 1. The SMILES string of the molecule is COc1ccc2c3c1O[C@@H]1[C@]34CC[N+]3(CC5CC5)CC5=CC=CC[C@@]5(C(N)=O)O[C@@]1(C)CCC4(O)[C@H]3C2. The summed E-state index contributed by atoms with van der Waals surface area (Å²) < 4.78 is 20.6. The summed E-state index contributed by atoms with van der Waals surface area (Å²) in [5.74, 6) is 1.70. The highest BCUT2D eigenvalue weighted by atomic mass is 16.6. The molecule has 4 aliphatic carbocycles. The summed E-state index contributed by atoms with van der Waals surface area (Å²) in [4.78, 5) is 13.4. The molecule has 1 aromatic carbocycles. The molecule has 1 aromatic rings. The van der Waals surface area contributed by atoms with Crippen molar-refractivity contribution in [2.75, 3.05) is 26.7 Å². The third-order valence-electron chi connectivity index (χ3n) is 11.4. The Balaban J connectivity index is 1.44. The zero-order valence-corrected chi connectivity index (χ0v) is 21.8. The Morgan fingerprint density at radius 3 is 2.86 bits per heavy atom. The zero-order valence-electron chi connectivity index (χ0n) is 21.8. The second-order valence-corrected chi connectivity index (χ2v) is 13.2. The number of nitrogens with two attached hydrogens (primary N) is 1. The summed E-state index contributed by atoms with van der Waals surface area (Å²) in [6.45, 7) is 4.75. The van der Waals surface area contributed by atoms with Crippen LogP contribution in [0.4, 0.5) is 0 Å². The quantitative estimate of drug-likeness (QED) is 0.614. The monoisotopic (exact) mass is 505 g/mol. The average molecular weight is 506 g/mol. The maximum atomic E-state index is 13.4. The van der Waals surface area contributed by atoms with Crippen LogP contribution in [-0.4, -0.2) is 71.2 Å². The lowest BCUT2D eigenvalue weighted by Crippen LogP contribution is -2.85. The number of carbonyl (C=O) groups excluding carboxylic acids is 1. The molecule has 8 aliphatic rings. The van der Waals surface area contributed by atoms with Crippen molar-refractivity contribution in [1.29, 1.82) is 0 Å². The van der Waals surface area contributed by atoms with Gasteiger partial charge in [-0.05, 0) is 44.2 Å². The summed E-state index contributed by atoms with van der Waals surface area (Å²) in [6, 6.07) is 4.25. The lowest BCUT2D eigenvalue weighted by molar-refractivity contribution is -0.964. The first-order chi connectivity index (χ1) is 17.7. The van der Waals surface area contributed by atoms with Gasteiger partial charge < -0.3 is 29.5 Å². The largest absolute Gasteiger partial charge is 0.493 e. The molecule has 9 rings (SSSR count). The molecule has 4 aliphatic heterocycles. The number of fused-ring (bicyclic) bond motifs is 2. The van der Waals surface area contributed by atoms with Gasteiger partial charge in [0.2, 0.25) is 0 Å². The summed E-state index contributed by atoms with van der Waals surface area (Å²) in [5, 5.41) is 13.1. The number of piperidine rings is 1. The van der Waals surface area contributed by atoms with Crippen LogP contribution in [0.1, 0.15) is 56.6 Å². The molecule has 2 unspecified atom stereocenters. The Hall–Kier alpha value is -2.35. The van der Waals surface area contributed by atoms with Crippen LogP contribution in [-0.2, 0) is 21.4 Å². The summed E-state index contributed by atoms with van der Waals surface area (Å²) in [5.41, 5.74) is 6.07. The van der Waals surface area contributed by atoms with E-state index in [1.54, 1.807) is 7.11 Å². The van der Waals surface area contributed by atoms with Gasteiger partial charge in [-0.15, -0.1) is 0 Å². The standard InChI is InChI=1S/C30H36N2O5/c1-27-11-12-30(34)22-15-19-8-9-21(35-2)24-23(19)28(30,25(27)36-24)13-14-32(22,16-18-6-7-18)17-20-5-3-4-10-29(20,37-27)26(31)33/h3-5,8-9,18,22,25,34H,6-7,10-17H2,1-2H3,(H-,31,33)/p+1/t22-,25+,27+,28+,29-,30?,32?/m1/s1. The van der Waals surface area contributed by atoms with Crippen LogP contribution in [0.2, 0.25) is 0 Å². The Morgan fingerprint density at radius 1 is 1.27 bits per heavy atom. The first-order valence-electron chi connectivity index (χ1n) is 14.0. The van der Waals surface area contributed by atoms with Gasteiger partial charge in [0.05, 0.1) is 25.6 Å². The average Bonchev–Trinajstić information content (AvgIpc) is 3.60. The fourth-order valence-electron chi connectivity index (χ4n) is 9.70. The van der Waals surface area contributed by atoms with Crippen molar-refractivity contribution in [3.8, 4) is 11.5 Å². The Morgan fingerprint density at radius 2 is 2.11 bits per heavy atom. The van der Waals surface area contributed by atoms with Crippen LogP contribution in [0.25, 0.3) is 0 Å². The molecular formula is C30H37N2O5+. The number of allylic oxidation sites excluding steroid dienone is 2. The lowest BCUT2D eigenvalue weighted by Gasteiger charge is -2.69. The minimum absolute atomic E-state index is 0.0276. The molecule has 1 spiro atoms. The minimum atomic E-state index is -1.21. The Bertz CT molecular complexity index is 1300. The van der Waals surface area contributed by atoms with E-state index in [0.717, 1.165) is 47.3 Å². The first-order valence-corrected chi connectivity index (χ1v) is 14.0. The van der Waals surface area contributed by atoms with Gasteiger partial charge in [0.1, 0.15) is 29.9 Å². The molecule has 37 heavy (non-hydrogen) atoms. The smallest absolute Gasteiger partial charge is 0.254 e. The number of aliphatic hydroxyl groups is 1. The third-order valence-corrected chi connectivity index (χ3v) is 11.4.